The lowest BCUT2D eigenvalue weighted by molar-refractivity contribution is 0.477. The van der Waals surface area contributed by atoms with Crippen LogP contribution in [0.15, 0.2) is 41.3 Å². The molecular weight excluding hydrogens is 284 g/mol. The molecule has 0 saturated heterocycles. The Labute approximate surface area is 125 Å². The quantitative estimate of drug-likeness (QED) is 0.790. The Bertz CT molecular complexity index is 851. The largest absolute Gasteiger partial charge is 0.507 e. The minimum atomic E-state index is -1.43. The van der Waals surface area contributed by atoms with E-state index in [1.807, 2.05) is 57.2 Å². The topological polar surface area (TPSA) is 55.1 Å². The van der Waals surface area contributed by atoms with Crippen LogP contribution in [0, 0.1) is 20.8 Å². The van der Waals surface area contributed by atoms with Gasteiger partial charge in [0, 0.05) is 0 Å². The SMILES string of the molecule is Cc1ccc(S(=O)n2nc(C)c3c(O)c(C)ccc32)cc1. The maximum Gasteiger partial charge on any atom is 0.173 e. The molecule has 3 rings (SSSR count). The third-order valence-electron chi connectivity index (χ3n) is 3.55. The molecule has 0 fully saturated rings. The van der Waals surface area contributed by atoms with E-state index in [9.17, 15) is 9.32 Å². The number of aromatic hydroxyl groups is 1. The number of fused-ring (bicyclic) bond motifs is 1. The number of hydrogen-bond donors (Lipinski definition) is 1. The first kappa shape index (κ1) is 13.8. The molecule has 1 aromatic heterocycles. The number of phenolic OH excluding ortho intramolecular Hbond substituents is 1. The van der Waals surface area contributed by atoms with E-state index in [1.165, 1.54) is 4.09 Å². The summed E-state index contributed by atoms with van der Waals surface area (Å²) in [5, 5.41) is 15.2. The number of phenols is 1. The van der Waals surface area contributed by atoms with Crippen LogP contribution in [0.25, 0.3) is 10.9 Å². The highest BCUT2D eigenvalue weighted by molar-refractivity contribution is 7.83. The van der Waals surface area contributed by atoms with Crippen LogP contribution in [0.1, 0.15) is 16.8 Å². The van der Waals surface area contributed by atoms with Crippen LogP contribution in [0.4, 0.5) is 0 Å². The van der Waals surface area contributed by atoms with Gasteiger partial charge in [-0.15, -0.1) is 0 Å². The molecule has 0 bridgehead atoms. The van der Waals surface area contributed by atoms with Crippen LogP contribution in [0.2, 0.25) is 0 Å². The first-order valence-corrected chi connectivity index (χ1v) is 7.76. The number of aromatic nitrogens is 2. The highest BCUT2D eigenvalue weighted by Crippen LogP contribution is 2.31. The molecule has 0 aliphatic rings. The summed E-state index contributed by atoms with van der Waals surface area (Å²) < 4.78 is 14.2. The summed E-state index contributed by atoms with van der Waals surface area (Å²) in [4.78, 5) is 0.685. The van der Waals surface area contributed by atoms with E-state index in [4.69, 9.17) is 0 Å². The zero-order valence-electron chi connectivity index (χ0n) is 12.1. The molecule has 0 aliphatic carbocycles. The molecule has 1 unspecified atom stereocenters. The summed E-state index contributed by atoms with van der Waals surface area (Å²) in [5.41, 5.74) is 3.25. The number of hydrogen-bond acceptors (Lipinski definition) is 3. The first-order valence-electron chi connectivity index (χ1n) is 6.66. The maximum atomic E-state index is 12.7. The molecule has 0 aliphatic heterocycles. The molecule has 0 spiro atoms. The Morgan fingerprint density at radius 3 is 2.38 bits per heavy atom. The normalized spacial score (nSPS) is 12.7. The fourth-order valence-electron chi connectivity index (χ4n) is 2.32. The van der Waals surface area contributed by atoms with E-state index < -0.39 is 11.0 Å². The fourth-order valence-corrected chi connectivity index (χ4v) is 3.42. The van der Waals surface area contributed by atoms with Crippen LogP contribution in [0.5, 0.6) is 5.75 Å². The minimum absolute atomic E-state index is 0.206. The Hall–Kier alpha value is -2.14. The second kappa shape index (κ2) is 5.00. The first-order chi connectivity index (χ1) is 9.99. The lowest BCUT2D eigenvalue weighted by Crippen LogP contribution is -2.06. The third kappa shape index (κ3) is 2.23. The Balaban J connectivity index is 2.19. The van der Waals surface area contributed by atoms with Crippen molar-refractivity contribution in [1.29, 1.82) is 0 Å². The molecular formula is C16H16N2O2S. The summed E-state index contributed by atoms with van der Waals surface area (Å²) >= 11 is 0. The van der Waals surface area contributed by atoms with Crippen LogP contribution in [0.3, 0.4) is 0 Å². The fraction of sp³-hybridized carbons (Fsp3) is 0.188. The lowest BCUT2D eigenvalue weighted by atomic mass is 10.1. The van der Waals surface area contributed by atoms with E-state index in [-0.39, 0.29) is 5.75 Å². The lowest BCUT2D eigenvalue weighted by Gasteiger charge is -2.05. The molecule has 0 amide bonds. The maximum absolute atomic E-state index is 12.7. The monoisotopic (exact) mass is 300 g/mol. The molecule has 3 aromatic rings. The van der Waals surface area contributed by atoms with Crippen LogP contribution in [-0.4, -0.2) is 18.5 Å². The number of nitrogens with zero attached hydrogens (tertiary/aromatic N) is 2. The predicted molar refractivity (Wildman–Crippen MR) is 83.9 cm³/mol. The van der Waals surface area contributed by atoms with Gasteiger partial charge in [-0.3, -0.25) is 0 Å². The van der Waals surface area contributed by atoms with Gasteiger partial charge in [-0.1, -0.05) is 23.8 Å². The van der Waals surface area contributed by atoms with E-state index in [0.29, 0.717) is 21.5 Å². The summed E-state index contributed by atoms with van der Waals surface area (Å²) in [7, 11) is -1.43. The highest BCUT2D eigenvalue weighted by Gasteiger charge is 2.17. The second-order valence-corrected chi connectivity index (χ2v) is 6.46. The van der Waals surface area contributed by atoms with Gasteiger partial charge in [0.2, 0.25) is 0 Å². The van der Waals surface area contributed by atoms with Gasteiger partial charge >= 0.3 is 0 Å². The predicted octanol–water partition coefficient (Wildman–Crippen LogP) is 3.24. The third-order valence-corrected chi connectivity index (χ3v) is 4.81. The standard InChI is InChI=1S/C16H16N2O2S/c1-10-4-7-13(8-5-10)21(20)18-14-9-6-11(2)16(19)15(14)12(3)17-18/h4-9,19H,1-3H3. The van der Waals surface area contributed by atoms with Crippen LogP contribution < -0.4 is 0 Å². The smallest absolute Gasteiger partial charge is 0.173 e. The molecule has 108 valence electrons. The average Bonchev–Trinajstić information content (AvgIpc) is 2.80. The minimum Gasteiger partial charge on any atom is -0.507 e. The Morgan fingerprint density at radius 2 is 1.71 bits per heavy atom. The summed E-state index contributed by atoms with van der Waals surface area (Å²) in [6.45, 7) is 5.63. The summed E-state index contributed by atoms with van der Waals surface area (Å²) in [5.74, 6) is 0.206. The summed E-state index contributed by atoms with van der Waals surface area (Å²) in [6, 6.07) is 11.2. The van der Waals surface area contributed by atoms with Crippen molar-refractivity contribution in [2.75, 3.05) is 0 Å². The molecule has 21 heavy (non-hydrogen) atoms. The van der Waals surface area contributed by atoms with Gasteiger partial charge in [-0.2, -0.15) is 9.19 Å². The second-order valence-electron chi connectivity index (χ2n) is 5.15. The van der Waals surface area contributed by atoms with Gasteiger partial charge < -0.3 is 5.11 Å². The number of benzene rings is 2. The molecule has 1 N–H and O–H groups in total. The van der Waals surface area contributed by atoms with E-state index in [0.717, 1.165) is 11.1 Å². The average molecular weight is 300 g/mol. The van der Waals surface area contributed by atoms with Crippen molar-refractivity contribution in [3.05, 3.63) is 53.2 Å². The summed E-state index contributed by atoms with van der Waals surface area (Å²) in [6.07, 6.45) is 0. The molecule has 1 heterocycles. The van der Waals surface area contributed by atoms with Gasteiger partial charge in [0.25, 0.3) is 0 Å². The van der Waals surface area contributed by atoms with Crippen LogP contribution >= 0.6 is 0 Å². The van der Waals surface area contributed by atoms with Gasteiger partial charge in [-0.05, 0) is 44.5 Å². The number of rotatable bonds is 2. The molecule has 2 aromatic carbocycles. The van der Waals surface area contributed by atoms with E-state index >= 15 is 0 Å². The van der Waals surface area contributed by atoms with Gasteiger partial charge in [0.1, 0.15) is 5.75 Å². The van der Waals surface area contributed by atoms with Crippen molar-refractivity contribution < 1.29 is 9.32 Å². The van der Waals surface area contributed by atoms with Gasteiger partial charge in [0.15, 0.2) is 11.0 Å². The zero-order chi connectivity index (χ0) is 15.1. The van der Waals surface area contributed by atoms with Crippen molar-refractivity contribution in [1.82, 2.24) is 9.19 Å². The Kier molecular flexibility index (Phi) is 3.29. The van der Waals surface area contributed by atoms with Gasteiger partial charge in [0.05, 0.1) is 21.5 Å². The van der Waals surface area contributed by atoms with E-state index in [1.54, 1.807) is 0 Å². The van der Waals surface area contributed by atoms with Crippen LogP contribution in [-0.2, 0) is 11.0 Å². The zero-order valence-corrected chi connectivity index (χ0v) is 12.9. The van der Waals surface area contributed by atoms with Crippen molar-refractivity contribution in [2.45, 2.75) is 25.7 Å². The van der Waals surface area contributed by atoms with E-state index in [2.05, 4.69) is 5.10 Å². The molecule has 0 saturated carbocycles. The molecule has 5 heteroatoms. The molecule has 0 radical (unpaired) electrons. The van der Waals surface area contributed by atoms with Crippen molar-refractivity contribution >= 4 is 21.9 Å². The molecule has 1 atom stereocenters. The van der Waals surface area contributed by atoms with Gasteiger partial charge in [-0.25, -0.2) is 4.21 Å². The molecule has 4 nitrogen and oxygen atoms in total. The van der Waals surface area contributed by atoms with Crippen molar-refractivity contribution in [3.63, 3.8) is 0 Å². The van der Waals surface area contributed by atoms with Crippen molar-refractivity contribution in [3.8, 4) is 5.75 Å². The van der Waals surface area contributed by atoms with Crippen molar-refractivity contribution in [2.24, 2.45) is 0 Å². The Morgan fingerprint density at radius 1 is 1.05 bits per heavy atom. The number of aryl methyl sites for hydroxylation is 3. The highest BCUT2D eigenvalue weighted by atomic mass is 32.2.